The van der Waals surface area contributed by atoms with Crippen LogP contribution in [0, 0.1) is 39.4 Å². The number of nitriles is 3. The monoisotopic (exact) mass is 668 g/mol. The smallest absolute Gasteiger partial charge is 0.181 e. The quantitative estimate of drug-likeness (QED) is 0.136. The summed E-state index contributed by atoms with van der Waals surface area (Å²) in [4.78, 5) is 0. The Morgan fingerprint density at radius 1 is 0.647 bits per heavy atom. The van der Waals surface area contributed by atoms with Crippen LogP contribution in [0.5, 0.6) is 0 Å². The molecule has 1 atom stereocenters. The van der Waals surface area contributed by atoms with Gasteiger partial charge in [-0.2, -0.15) is 15.8 Å². The van der Waals surface area contributed by atoms with Crippen molar-refractivity contribution in [3.05, 3.63) is 180 Å². The van der Waals surface area contributed by atoms with Crippen LogP contribution in [0.1, 0.15) is 29.3 Å². The number of nitrogens with zero attached hydrogens (tertiary/aromatic N) is 4. The van der Waals surface area contributed by atoms with Crippen LogP contribution < -0.4 is 20.7 Å². The lowest BCUT2D eigenvalue weighted by atomic mass is 9.80. The highest BCUT2D eigenvalue weighted by atomic mass is 28.3. The minimum absolute atomic E-state index is 0.506. The minimum Gasteiger partial charge on any atom is -0.310 e. The van der Waals surface area contributed by atoms with E-state index in [0.29, 0.717) is 17.5 Å². The molecule has 1 aliphatic rings. The summed E-state index contributed by atoms with van der Waals surface area (Å²) >= 11 is 0. The van der Waals surface area contributed by atoms with Gasteiger partial charge in [-0.3, -0.25) is 0 Å². The summed E-state index contributed by atoms with van der Waals surface area (Å²) in [6, 6.07) is 59.4. The van der Waals surface area contributed by atoms with Gasteiger partial charge in [-0.05, 0) is 81.6 Å². The van der Waals surface area contributed by atoms with E-state index in [1.807, 2.05) is 67.6 Å². The first-order valence-electron chi connectivity index (χ1n) is 17.0. The van der Waals surface area contributed by atoms with E-state index in [1.54, 1.807) is 0 Å². The molecule has 0 bridgehead atoms. The maximum absolute atomic E-state index is 11.2. The van der Waals surface area contributed by atoms with Crippen molar-refractivity contribution in [2.75, 3.05) is 0 Å². The number of benzene rings is 6. The van der Waals surface area contributed by atoms with Crippen molar-refractivity contribution in [3.63, 3.8) is 0 Å². The summed E-state index contributed by atoms with van der Waals surface area (Å²) in [7, 11) is -3.13. The van der Waals surface area contributed by atoms with Gasteiger partial charge in [0.05, 0.1) is 40.3 Å². The summed E-state index contributed by atoms with van der Waals surface area (Å²) in [6.07, 6.45) is 4.70. The highest BCUT2D eigenvalue weighted by Gasteiger charge is 2.44. The van der Waals surface area contributed by atoms with Crippen LogP contribution in [0.15, 0.2) is 158 Å². The van der Waals surface area contributed by atoms with Gasteiger partial charge >= 0.3 is 0 Å². The maximum atomic E-state index is 11.2. The highest BCUT2D eigenvalue weighted by Crippen LogP contribution is 2.40. The van der Waals surface area contributed by atoms with Crippen LogP contribution >= 0.6 is 0 Å². The SMILES string of the molecule is CC1(C#N)C=Cc2c(c3ccccc3n2-c2cccc(-c3cc(C#N)cc([Si](c4ccccc4)(c4ccccc4)c4ccccc4)c3C#N)c2)C1. The molecular weight excluding hydrogens is 637 g/mol. The maximum Gasteiger partial charge on any atom is 0.181 e. The van der Waals surface area contributed by atoms with Crippen LogP contribution in [-0.2, 0) is 6.42 Å². The van der Waals surface area contributed by atoms with Crippen LogP contribution in [0.25, 0.3) is 33.8 Å². The molecule has 1 aliphatic carbocycles. The molecule has 240 valence electrons. The van der Waals surface area contributed by atoms with E-state index in [0.717, 1.165) is 59.7 Å². The zero-order valence-corrected chi connectivity index (χ0v) is 29.1. The molecule has 1 aromatic heterocycles. The van der Waals surface area contributed by atoms with Gasteiger partial charge in [0.15, 0.2) is 8.07 Å². The van der Waals surface area contributed by atoms with Gasteiger partial charge in [-0.25, -0.2) is 0 Å². The van der Waals surface area contributed by atoms with Crippen LogP contribution in [0.4, 0.5) is 0 Å². The largest absolute Gasteiger partial charge is 0.310 e. The van der Waals surface area contributed by atoms with E-state index >= 15 is 0 Å². The fraction of sp³-hybridized carbons (Fsp3) is 0.0652. The van der Waals surface area contributed by atoms with E-state index in [-0.39, 0.29) is 0 Å². The second-order valence-electron chi connectivity index (χ2n) is 13.3. The number of fused-ring (bicyclic) bond motifs is 3. The Bertz CT molecular complexity index is 2500. The molecule has 4 nitrogen and oxygen atoms in total. The molecule has 0 amide bonds. The first-order valence-corrected chi connectivity index (χ1v) is 19.0. The zero-order chi connectivity index (χ0) is 35.0. The summed E-state index contributed by atoms with van der Waals surface area (Å²) in [5.74, 6) is 0. The Labute approximate surface area is 299 Å². The fourth-order valence-corrected chi connectivity index (χ4v) is 12.9. The van der Waals surface area contributed by atoms with Crippen molar-refractivity contribution >= 4 is 45.8 Å². The second-order valence-corrected chi connectivity index (χ2v) is 17.1. The summed E-state index contributed by atoms with van der Waals surface area (Å²) in [5.41, 5.74) is 6.29. The minimum atomic E-state index is -3.13. The van der Waals surface area contributed by atoms with Crippen LogP contribution in [-0.4, -0.2) is 12.6 Å². The Balaban J connectivity index is 1.42. The van der Waals surface area contributed by atoms with Crippen molar-refractivity contribution < 1.29 is 0 Å². The Morgan fingerprint density at radius 3 is 1.84 bits per heavy atom. The fourth-order valence-electron chi connectivity index (χ4n) is 7.93. The number of rotatable bonds is 6. The Kier molecular flexibility index (Phi) is 7.81. The van der Waals surface area contributed by atoms with Crippen LogP contribution in [0.3, 0.4) is 0 Å². The van der Waals surface area contributed by atoms with Gasteiger partial charge < -0.3 is 4.57 Å². The molecule has 0 saturated carbocycles. The van der Waals surface area contributed by atoms with E-state index < -0.39 is 13.5 Å². The van der Waals surface area contributed by atoms with Gasteiger partial charge in [0.25, 0.3) is 0 Å². The van der Waals surface area contributed by atoms with E-state index in [4.69, 9.17) is 0 Å². The van der Waals surface area contributed by atoms with Gasteiger partial charge in [0, 0.05) is 22.3 Å². The molecule has 0 radical (unpaired) electrons. The average molecular weight is 669 g/mol. The Hall–Kier alpha value is -6.71. The molecule has 0 N–H and O–H groups in total. The Morgan fingerprint density at radius 2 is 1.25 bits per heavy atom. The molecule has 7 aromatic rings. The van der Waals surface area contributed by atoms with Crippen molar-refractivity contribution in [2.24, 2.45) is 5.41 Å². The van der Waals surface area contributed by atoms with E-state index in [2.05, 4.69) is 126 Å². The van der Waals surface area contributed by atoms with Crippen molar-refractivity contribution in [3.8, 4) is 35.0 Å². The normalized spacial score (nSPS) is 15.0. The van der Waals surface area contributed by atoms with Crippen LogP contribution in [0.2, 0.25) is 0 Å². The lowest BCUT2D eigenvalue weighted by molar-refractivity contribution is 0.562. The predicted octanol–water partition coefficient (Wildman–Crippen LogP) is 7.52. The second kappa shape index (κ2) is 12.6. The van der Waals surface area contributed by atoms with Gasteiger partial charge in [0.1, 0.15) is 0 Å². The highest BCUT2D eigenvalue weighted by molar-refractivity contribution is 7.20. The first-order chi connectivity index (χ1) is 25.0. The average Bonchev–Trinajstić information content (AvgIpc) is 3.52. The number of aromatic nitrogens is 1. The number of allylic oxidation sites excluding steroid dienone is 1. The molecule has 0 fully saturated rings. The van der Waals surface area contributed by atoms with Gasteiger partial charge in [0.2, 0.25) is 0 Å². The molecule has 8 rings (SSSR count). The third-order valence-corrected chi connectivity index (χ3v) is 15.0. The topological polar surface area (TPSA) is 76.3 Å². The third kappa shape index (κ3) is 5.10. The lowest BCUT2D eigenvalue weighted by Crippen LogP contribution is -2.75. The lowest BCUT2D eigenvalue weighted by Gasteiger charge is -2.35. The van der Waals surface area contributed by atoms with E-state index in [1.165, 1.54) is 0 Å². The molecule has 0 aliphatic heterocycles. The summed E-state index contributed by atoms with van der Waals surface area (Å²) in [6.45, 7) is 1.98. The standard InChI is InChI=1S/C46H32N4Si/c1-46(32-49)25-24-44-41(29-46)39-22-11-12-23-43(39)50(44)35-15-13-14-34(28-35)40-26-33(30-47)27-45(42(40)31-48)51(36-16-5-2-6-17-36,37-18-7-3-8-19-37)38-20-9-4-10-21-38/h2-28H,29H2,1H3. The molecule has 0 saturated heterocycles. The number of hydrogen-bond acceptors (Lipinski definition) is 3. The molecule has 0 spiro atoms. The van der Waals surface area contributed by atoms with Gasteiger partial charge in [-0.15, -0.1) is 0 Å². The first kappa shape index (κ1) is 31.5. The van der Waals surface area contributed by atoms with Crippen molar-refractivity contribution in [1.29, 1.82) is 15.8 Å². The van der Waals surface area contributed by atoms with Crippen molar-refractivity contribution in [1.82, 2.24) is 4.57 Å². The summed E-state index contributed by atoms with van der Waals surface area (Å²) < 4.78 is 2.25. The van der Waals surface area contributed by atoms with Crippen molar-refractivity contribution in [2.45, 2.75) is 13.3 Å². The molecule has 5 heteroatoms. The molecule has 1 unspecified atom stereocenters. The predicted molar refractivity (Wildman–Crippen MR) is 208 cm³/mol. The molecular formula is C46H32N4Si. The molecule has 51 heavy (non-hydrogen) atoms. The summed E-state index contributed by atoms with van der Waals surface area (Å²) in [5, 5.41) is 37.1. The van der Waals surface area contributed by atoms with Gasteiger partial charge in [-0.1, -0.05) is 127 Å². The third-order valence-electron chi connectivity index (χ3n) is 10.2. The molecule has 1 heterocycles. The molecule has 6 aromatic carbocycles. The van der Waals surface area contributed by atoms with E-state index in [9.17, 15) is 15.8 Å². The number of para-hydroxylation sites is 1. The zero-order valence-electron chi connectivity index (χ0n) is 28.1. The number of hydrogen-bond donors (Lipinski definition) is 0.